The van der Waals surface area contributed by atoms with Crippen LogP contribution in [0.25, 0.3) is 0 Å². The Morgan fingerprint density at radius 3 is 2.77 bits per heavy atom. The Morgan fingerprint density at radius 1 is 1.62 bits per heavy atom. The highest BCUT2D eigenvalue weighted by molar-refractivity contribution is 5.46. The Kier molecular flexibility index (Phi) is 5.78. The molecule has 1 N–H and O–H groups in total. The lowest BCUT2D eigenvalue weighted by atomic mass is 10.3. The molecular weight excluding hydrogens is 172 g/mol. The molecule has 0 spiro atoms. The van der Waals surface area contributed by atoms with E-state index >= 15 is 0 Å². The lowest BCUT2D eigenvalue weighted by Crippen LogP contribution is -2.09. The fourth-order valence-electron chi connectivity index (χ4n) is 0.594. The van der Waals surface area contributed by atoms with Crippen molar-refractivity contribution in [1.82, 2.24) is 5.32 Å². The van der Waals surface area contributed by atoms with Crippen LogP contribution >= 0.6 is 0 Å². The summed E-state index contributed by atoms with van der Waals surface area (Å²) in [6, 6.07) is 0. The standard InChI is InChI=1S/C8H10N2O3/c1-2-4-8(10(12)13)5-3-6-9-7-11/h2-5,7H,1,6H2,(H,9,11)/b5-3-,8-4+. The highest BCUT2D eigenvalue weighted by Gasteiger charge is 2.01. The number of hydrogen-bond donors (Lipinski definition) is 1. The summed E-state index contributed by atoms with van der Waals surface area (Å²) in [5.74, 6) is 0. The smallest absolute Gasteiger partial charge is 0.269 e. The zero-order valence-electron chi connectivity index (χ0n) is 6.97. The second kappa shape index (κ2) is 6.78. The van der Waals surface area contributed by atoms with Crippen LogP contribution in [0.4, 0.5) is 0 Å². The van der Waals surface area contributed by atoms with Crippen LogP contribution in [-0.2, 0) is 4.79 Å². The molecule has 0 heterocycles. The van der Waals surface area contributed by atoms with Gasteiger partial charge in [0.15, 0.2) is 0 Å². The first-order valence-electron chi connectivity index (χ1n) is 3.53. The topological polar surface area (TPSA) is 72.2 Å². The predicted molar refractivity (Wildman–Crippen MR) is 48.5 cm³/mol. The van der Waals surface area contributed by atoms with Crippen molar-refractivity contribution in [2.45, 2.75) is 0 Å². The summed E-state index contributed by atoms with van der Waals surface area (Å²) in [7, 11) is 0. The van der Waals surface area contributed by atoms with Crippen molar-refractivity contribution in [3.05, 3.63) is 46.7 Å². The monoisotopic (exact) mass is 182 g/mol. The maximum atomic E-state index is 10.3. The van der Waals surface area contributed by atoms with E-state index in [-0.39, 0.29) is 12.2 Å². The fraction of sp³-hybridized carbons (Fsp3) is 0.125. The summed E-state index contributed by atoms with van der Waals surface area (Å²) in [6.45, 7) is 3.61. The average molecular weight is 182 g/mol. The third-order valence-electron chi connectivity index (χ3n) is 1.11. The molecule has 0 unspecified atom stereocenters. The maximum absolute atomic E-state index is 10.3. The third kappa shape index (κ3) is 5.37. The van der Waals surface area contributed by atoms with E-state index in [1.54, 1.807) is 0 Å². The van der Waals surface area contributed by atoms with Gasteiger partial charge in [0, 0.05) is 18.7 Å². The van der Waals surface area contributed by atoms with Gasteiger partial charge in [0.05, 0.1) is 4.92 Å². The molecule has 0 radical (unpaired) electrons. The van der Waals surface area contributed by atoms with Gasteiger partial charge in [-0.15, -0.1) is 0 Å². The Labute approximate surface area is 75.6 Å². The summed E-state index contributed by atoms with van der Waals surface area (Å²) in [6.07, 6.45) is 5.91. The number of rotatable bonds is 6. The van der Waals surface area contributed by atoms with E-state index in [9.17, 15) is 14.9 Å². The first-order chi connectivity index (χ1) is 6.22. The van der Waals surface area contributed by atoms with Crippen LogP contribution in [0.15, 0.2) is 36.6 Å². The van der Waals surface area contributed by atoms with Crippen molar-refractivity contribution in [2.24, 2.45) is 0 Å². The van der Waals surface area contributed by atoms with E-state index in [4.69, 9.17) is 0 Å². The molecule has 0 aromatic heterocycles. The molecule has 13 heavy (non-hydrogen) atoms. The molecule has 0 aliphatic rings. The van der Waals surface area contributed by atoms with Crippen molar-refractivity contribution in [3.8, 4) is 0 Å². The van der Waals surface area contributed by atoms with Crippen molar-refractivity contribution in [3.63, 3.8) is 0 Å². The van der Waals surface area contributed by atoms with E-state index in [1.165, 1.54) is 24.3 Å². The van der Waals surface area contributed by atoms with Gasteiger partial charge in [0.1, 0.15) is 0 Å². The maximum Gasteiger partial charge on any atom is 0.269 e. The van der Waals surface area contributed by atoms with Gasteiger partial charge in [-0.1, -0.05) is 18.7 Å². The Bertz CT molecular complexity index is 256. The molecule has 0 aromatic rings. The third-order valence-corrected chi connectivity index (χ3v) is 1.11. The number of nitro groups is 1. The van der Waals surface area contributed by atoms with Gasteiger partial charge in [0.2, 0.25) is 6.41 Å². The largest absolute Gasteiger partial charge is 0.355 e. The van der Waals surface area contributed by atoms with Crippen LogP contribution in [0.5, 0.6) is 0 Å². The van der Waals surface area contributed by atoms with Gasteiger partial charge in [-0.05, 0) is 0 Å². The van der Waals surface area contributed by atoms with Crippen LogP contribution in [0.1, 0.15) is 0 Å². The zero-order chi connectivity index (χ0) is 10.1. The highest BCUT2D eigenvalue weighted by Crippen LogP contribution is 1.97. The quantitative estimate of drug-likeness (QED) is 0.215. The van der Waals surface area contributed by atoms with Crippen molar-refractivity contribution >= 4 is 6.41 Å². The van der Waals surface area contributed by atoms with Crippen LogP contribution in [0, 0.1) is 10.1 Å². The summed E-state index contributed by atoms with van der Waals surface area (Å²) < 4.78 is 0. The minimum Gasteiger partial charge on any atom is -0.355 e. The molecule has 0 bridgehead atoms. The number of amides is 1. The molecule has 0 aliphatic heterocycles. The normalized spacial score (nSPS) is 11.2. The average Bonchev–Trinajstić information content (AvgIpc) is 2.10. The number of allylic oxidation sites excluding steroid dienone is 3. The molecule has 0 rings (SSSR count). The first kappa shape index (κ1) is 11.1. The number of hydrogen-bond acceptors (Lipinski definition) is 3. The molecule has 70 valence electrons. The zero-order valence-corrected chi connectivity index (χ0v) is 6.97. The molecule has 0 aromatic carbocycles. The van der Waals surface area contributed by atoms with Crippen molar-refractivity contribution in [2.75, 3.05) is 6.54 Å². The van der Waals surface area contributed by atoms with Gasteiger partial charge in [-0.25, -0.2) is 0 Å². The Hall–Kier alpha value is -1.91. The summed E-state index contributed by atoms with van der Waals surface area (Å²) in [5.41, 5.74) is -0.0669. The molecule has 0 aliphatic carbocycles. The number of carbonyl (C=O) groups is 1. The molecule has 0 saturated carbocycles. The van der Waals surface area contributed by atoms with Crippen molar-refractivity contribution < 1.29 is 9.72 Å². The number of nitrogens with zero attached hydrogens (tertiary/aromatic N) is 1. The van der Waals surface area contributed by atoms with E-state index in [1.807, 2.05) is 0 Å². The van der Waals surface area contributed by atoms with E-state index in [0.29, 0.717) is 6.41 Å². The molecular formula is C8H10N2O3. The predicted octanol–water partition coefficient (Wildman–Crippen LogP) is 0.635. The van der Waals surface area contributed by atoms with E-state index in [0.717, 1.165) is 0 Å². The molecule has 5 heteroatoms. The Morgan fingerprint density at radius 2 is 2.31 bits per heavy atom. The second-order valence-electron chi connectivity index (χ2n) is 2.01. The summed E-state index contributed by atoms with van der Waals surface area (Å²) in [5, 5.41) is 12.6. The second-order valence-corrected chi connectivity index (χ2v) is 2.01. The lowest BCUT2D eigenvalue weighted by molar-refractivity contribution is -0.419. The lowest BCUT2D eigenvalue weighted by Gasteiger charge is -1.89. The number of carbonyl (C=O) groups excluding carboxylic acids is 1. The van der Waals surface area contributed by atoms with Gasteiger partial charge in [-0.3, -0.25) is 14.9 Å². The summed E-state index contributed by atoms with van der Waals surface area (Å²) >= 11 is 0. The minimum atomic E-state index is -0.529. The molecule has 5 nitrogen and oxygen atoms in total. The molecule has 0 atom stereocenters. The van der Waals surface area contributed by atoms with Gasteiger partial charge in [0.25, 0.3) is 5.70 Å². The minimum absolute atomic E-state index is 0.0669. The first-order valence-corrected chi connectivity index (χ1v) is 3.53. The number of nitrogens with one attached hydrogen (secondary N) is 1. The molecule has 1 amide bonds. The van der Waals surface area contributed by atoms with E-state index < -0.39 is 4.92 Å². The fourth-order valence-corrected chi connectivity index (χ4v) is 0.594. The van der Waals surface area contributed by atoms with Crippen molar-refractivity contribution in [1.29, 1.82) is 0 Å². The molecule has 0 fully saturated rings. The van der Waals surface area contributed by atoms with E-state index in [2.05, 4.69) is 11.9 Å². The van der Waals surface area contributed by atoms with Gasteiger partial charge < -0.3 is 5.32 Å². The van der Waals surface area contributed by atoms with Crippen LogP contribution < -0.4 is 5.32 Å². The van der Waals surface area contributed by atoms with Crippen LogP contribution in [0.2, 0.25) is 0 Å². The molecule has 0 saturated heterocycles. The van der Waals surface area contributed by atoms with Gasteiger partial charge >= 0.3 is 0 Å². The Balaban J connectivity index is 4.18. The summed E-state index contributed by atoms with van der Waals surface area (Å²) in [4.78, 5) is 19.6. The van der Waals surface area contributed by atoms with Crippen LogP contribution in [-0.4, -0.2) is 17.9 Å². The van der Waals surface area contributed by atoms with Crippen LogP contribution in [0.3, 0.4) is 0 Å². The highest BCUT2D eigenvalue weighted by atomic mass is 16.6. The van der Waals surface area contributed by atoms with Gasteiger partial charge in [-0.2, -0.15) is 0 Å². The SMILES string of the molecule is C=C/C=C(\C=C/CNC=O)[N+](=O)[O-].